The molecule has 0 bridgehead atoms. The molecule has 0 aliphatic carbocycles. The Morgan fingerprint density at radius 2 is 0.612 bits per heavy atom. The van der Waals surface area contributed by atoms with E-state index in [9.17, 15) is 0 Å². The van der Waals surface area contributed by atoms with Crippen molar-refractivity contribution < 1.29 is 397 Å². The minimum Gasteiger partial charge on any atom is -0.440 e. The van der Waals surface area contributed by atoms with E-state index in [1.54, 1.807) is 0 Å². The molecule has 0 atom stereocenters. The Kier molecular flexibility index (Phi) is 146. The van der Waals surface area contributed by atoms with Gasteiger partial charge in [0.1, 0.15) is 11.4 Å². The molecule has 12 radical (unpaired) electrons. The molecule has 2 heterocycles. The Hall–Kier alpha value is 7.77. The normalized spacial score (nSPS) is 6.82. The number of hydrogen-bond donors (Lipinski definition) is 0. The van der Waals surface area contributed by atoms with Crippen molar-refractivity contribution in [1.82, 2.24) is 14.8 Å². The van der Waals surface area contributed by atoms with Gasteiger partial charge in [-0.3, -0.25) is 0 Å². The van der Waals surface area contributed by atoms with Crippen LogP contribution in [0.3, 0.4) is 0 Å². The van der Waals surface area contributed by atoms with Crippen LogP contribution in [0.1, 0.15) is 61.3 Å². The van der Waals surface area contributed by atoms with E-state index in [1.165, 1.54) is 5.56 Å². The monoisotopic (exact) mass is 1810 g/mol. The summed E-state index contributed by atoms with van der Waals surface area (Å²) in [7, 11) is 0. The predicted octanol–water partition coefficient (Wildman–Crippen LogP) is 16.3. The van der Waals surface area contributed by atoms with E-state index in [4.69, 9.17) is 9.52 Å². The van der Waals surface area contributed by atoms with Crippen molar-refractivity contribution in [1.29, 1.82) is 0 Å². The summed E-state index contributed by atoms with van der Waals surface area (Å²) in [6.07, 6.45) is 2.10. The van der Waals surface area contributed by atoms with Crippen LogP contribution in [0, 0.1) is 51.5 Å². The molecule has 0 saturated carbocycles. The molecular weight excluding hydrogens is 1740 g/mol. The van der Waals surface area contributed by atoms with Gasteiger partial charge in [-0.1, -0.05) is 195 Å². The number of aryl methyl sites for hydroxylation is 1. The molecule has 67 heavy (non-hydrogen) atoms. The first-order valence-corrected chi connectivity index (χ1v) is 17.6. The van der Waals surface area contributed by atoms with Gasteiger partial charge in [0.15, 0.2) is 11.7 Å². The molecule has 2 aromatic heterocycles. The molecule has 16 heteroatoms. The molecule has 0 aliphatic rings. The summed E-state index contributed by atoms with van der Waals surface area (Å²) in [4.78, 5) is 4.49. The van der Waals surface area contributed by atoms with Crippen LogP contribution >= 0.6 is 0 Å². The number of benzene rings is 5. The van der Waals surface area contributed by atoms with Gasteiger partial charge in [-0.2, -0.15) is 5.10 Å². The fourth-order valence-corrected chi connectivity index (χ4v) is 4.73. The molecule has 338 valence electrons. The first kappa shape index (κ1) is 122. The second-order valence-electron chi connectivity index (χ2n) is 9.55. The Bertz CT molecular complexity index is 1740. The average molecular weight is 1810 g/mol. The van der Waals surface area contributed by atoms with E-state index in [2.05, 4.69) is 59.7 Å². The molecule has 7 rings (SSSR count). The molecule has 0 N–H and O–H groups in total. The van der Waals surface area contributed by atoms with Crippen molar-refractivity contribution in [3.63, 3.8) is 0 Å². The van der Waals surface area contributed by atoms with E-state index in [-0.39, 0.29) is 437 Å². The molecule has 7 aromatic rings. The molecule has 0 fully saturated rings. The van der Waals surface area contributed by atoms with Crippen LogP contribution in [0.25, 0.3) is 50.7 Å². The van der Waals surface area contributed by atoms with Crippen LogP contribution in [0.2, 0.25) is 0 Å². The SMILES string of the molecule is CC.CC.CC.CC.Cc1nc(-c2ccccc2)c(-c2ccccc2)o1.[CH3-].[CH3-].[CH3-].[CH3-].[CH3-].[CH3-].[Y].[Y].[Y].[Y].[Y].[Y].[Y].[Y].[Y].[Y].[Y].[Y].c1ccc(-c2cn(-c3ccccc3)nc2-c2ccccc2)cc1. The molecule has 0 amide bonds. The van der Waals surface area contributed by atoms with Crippen molar-refractivity contribution in [2.75, 3.05) is 0 Å². The zero-order valence-electron chi connectivity index (χ0n) is 43.7. The van der Waals surface area contributed by atoms with Crippen molar-refractivity contribution in [2.24, 2.45) is 0 Å². The van der Waals surface area contributed by atoms with Crippen LogP contribution in [0.5, 0.6) is 0 Å². The number of hydrogen-bond acceptors (Lipinski definition) is 3. The molecule has 0 aliphatic heterocycles. The molecule has 0 unspecified atom stereocenters. The minimum absolute atomic E-state index is 0. The van der Waals surface area contributed by atoms with Crippen molar-refractivity contribution in [3.8, 4) is 50.7 Å². The van der Waals surface area contributed by atoms with Gasteiger partial charge in [0.05, 0.1) is 5.69 Å². The Balaban J connectivity index is -0.0000000354. The fourth-order valence-electron chi connectivity index (χ4n) is 4.73. The molecule has 5 aromatic carbocycles. The average Bonchev–Trinajstić information content (AvgIpc) is 3.85. The zero-order chi connectivity index (χ0) is 35.9. The summed E-state index contributed by atoms with van der Waals surface area (Å²) >= 11 is 0. The van der Waals surface area contributed by atoms with Crippen LogP contribution < -0.4 is 0 Å². The van der Waals surface area contributed by atoms with E-state index in [1.807, 2.05) is 170 Å². The second kappa shape index (κ2) is 80.2. The van der Waals surface area contributed by atoms with Gasteiger partial charge in [0.25, 0.3) is 0 Å². The van der Waals surface area contributed by atoms with E-state index >= 15 is 0 Å². The van der Waals surface area contributed by atoms with Crippen LogP contribution in [0.4, 0.5) is 0 Å². The van der Waals surface area contributed by atoms with Crippen LogP contribution in [-0.4, -0.2) is 14.8 Å². The summed E-state index contributed by atoms with van der Waals surface area (Å²) < 4.78 is 7.69. The Morgan fingerprint density at radius 3 is 0.940 bits per heavy atom. The molecule has 0 spiro atoms. The van der Waals surface area contributed by atoms with Crippen LogP contribution in [0.15, 0.2) is 162 Å². The second-order valence-corrected chi connectivity index (χ2v) is 9.55. The van der Waals surface area contributed by atoms with E-state index in [0.717, 1.165) is 45.1 Å². The maximum atomic E-state index is 5.74. The summed E-state index contributed by atoms with van der Waals surface area (Å²) in [5, 5.41) is 4.84. The van der Waals surface area contributed by atoms with Gasteiger partial charge < -0.3 is 49.0 Å². The summed E-state index contributed by atoms with van der Waals surface area (Å²) in [5.74, 6) is 1.52. The van der Waals surface area contributed by atoms with Crippen molar-refractivity contribution >= 4 is 0 Å². The molecule has 4 nitrogen and oxygen atoms in total. The predicted molar refractivity (Wildman–Crippen MR) is 250 cm³/mol. The standard InChI is InChI=1S/C21H16N2.C16H13NO.4C2H6.6CH3.12Y/c1-4-10-17(11-5-1)20-16-23(19-14-8-3-9-15-19)22-21(20)18-12-6-2-7-13-18;1-12-17-15(13-8-4-2-5-9-13)16(18-12)14-10-6-3-7-11-14;4*1-2;;;;;;;;;;;;;;;;;;/h1-16H;2-11H,1H3;4*1-2H3;6*1H3;;;;;;;;;;;;/q;;;;;;6*-1;;;;;;;;;;;;. The fraction of sp³-hybridized carbons (Fsp3) is 0.176. The van der Waals surface area contributed by atoms with E-state index in [0.29, 0.717) is 5.89 Å². The topological polar surface area (TPSA) is 43.9 Å². The first-order chi connectivity index (χ1) is 24.3. The smallest absolute Gasteiger partial charge is 0.192 e. The molecule has 0 saturated heterocycles. The van der Waals surface area contributed by atoms with E-state index < -0.39 is 0 Å². The van der Waals surface area contributed by atoms with Gasteiger partial charge >= 0.3 is 0 Å². The summed E-state index contributed by atoms with van der Waals surface area (Å²) in [6, 6.07) is 51.1. The third-order valence-electron chi connectivity index (χ3n) is 6.68. The number of rotatable bonds is 5. The third-order valence-corrected chi connectivity index (χ3v) is 6.68. The summed E-state index contributed by atoms with van der Waals surface area (Å²) in [5.41, 5.74) is 8.53. The summed E-state index contributed by atoms with van der Waals surface area (Å²) in [6.45, 7) is 17.9. The Labute approximate surface area is 716 Å². The van der Waals surface area contributed by atoms with Gasteiger partial charge in [-0.05, 0) is 17.7 Å². The number of aromatic nitrogens is 3. The zero-order valence-corrected chi connectivity index (χ0v) is 77.7. The number of oxazole rings is 1. The molecular formula is C51H71N3OY12-6. The van der Waals surface area contributed by atoms with Crippen molar-refractivity contribution in [2.45, 2.75) is 62.3 Å². The number of para-hydroxylation sites is 1. The quantitative estimate of drug-likeness (QED) is 0.161. The van der Waals surface area contributed by atoms with Gasteiger partial charge in [-0.15, -0.1) is 0 Å². The van der Waals surface area contributed by atoms with Gasteiger partial charge in [0, 0.05) is 428 Å². The van der Waals surface area contributed by atoms with Crippen molar-refractivity contribution in [3.05, 3.63) is 208 Å². The van der Waals surface area contributed by atoms with Gasteiger partial charge in [-0.25, -0.2) is 9.67 Å². The van der Waals surface area contributed by atoms with Gasteiger partial charge in [0.2, 0.25) is 0 Å². The Morgan fingerprint density at radius 1 is 0.343 bits per heavy atom. The first-order valence-electron chi connectivity index (χ1n) is 17.6. The third kappa shape index (κ3) is 45.1. The minimum atomic E-state index is 0. The largest absolute Gasteiger partial charge is 0.440 e. The van der Waals surface area contributed by atoms with Crippen LogP contribution in [-0.2, 0) is 393 Å². The maximum absolute atomic E-state index is 5.74. The maximum Gasteiger partial charge on any atom is 0.192 e. The number of nitrogens with zero attached hydrogens (tertiary/aromatic N) is 3.